The fraction of sp³-hybridized carbons (Fsp3) is 0.0612. The highest BCUT2D eigenvalue weighted by atomic mass is 16.3. The standard InChI is InChI=1S/C49H35NO/c1-49(2)44-20-12-11-19-40(44)41-28-26-38(31-45(41)49)50(37-24-21-34(22-25-37)32-13-5-3-6-14-32)46-30-36(33-15-7-4-8-16-33)29-43-42-27-23-35-17-9-10-18-39(35)47(42)51-48(43)46/h3-31H,1-2H3. The lowest BCUT2D eigenvalue weighted by Crippen LogP contribution is -2.16. The second-order valence-corrected chi connectivity index (χ2v) is 14.2. The molecule has 0 saturated heterocycles. The zero-order valence-corrected chi connectivity index (χ0v) is 28.6. The van der Waals surface area contributed by atoms with Crippen LogP contribution in [0.4, 0.5) is 17.1 Å². The van der Waals surface area contributed by atoms with E-state index in [0.29, 0.717) is 0 Å². The van der Waals surface area contributed by atoms with Crippen LogP contribution in [0.3, 0.4) is 0 Å². The van der Waals surface area contributed by atoms with E-state index < -0.39 is 0 Å². The van der Waals surface area contributed by atoms with Gasteiger partial charge in [-0.05, 0) is 92.4 Å². The number of furan rings is 1. The smallest absolute Gasteiger partial charge is 0.159 e. The zero-order chi connectivity index (χ0) is 34.1. The Bertz CT molecular complexity index is 2760. The van der Waals surface area contributed by atoms with E-state index >= 15 is 0 Å². The van der Waals surface area contributed by atoms with Crippen molar-refractivity contribution in [2.45, 2.75) is 19.3 Å². The van der Waals surface area contributed by atoms with Gasteiger partial charge in [-0.3, -0.25) is 0 Å². The van der Waals surface area contributed by atoms with Gasteiger partial charge in [-0.1, -0.05) is 147 Å². The molecule has 0 radical (unpaired) electrons. The molecule has 2 nitrogen and oxygen atoms in total. The van der Waals surface area contributed by atoms with E-state index in [0.717, 1.165) is 50.0 Å². The first kappa shape index (κ1) is 29.5. The number of benzene rings is 8. The van der Waals surface area contributed by atoms with Gasteiger partial charge in [0.25, 0.3) is 0 Å². The highest BCUT2D eigenvalue weighted by Crippen LogP contribution is 2.52. The fourth-order valence-electron chi connectivity index (χ4n) is 8.24. The van der Waals surface area contributed by atoms with Gasteiger partial charge in [0.05, 0.1) is 5.69 Å². The summed E-state index contributed by atoms with van der Waals surface area (Å²) in [6.07, 6.45) is 0. The van der Waals surface area contributed by atoms with Crippen LogP contribution in [0.25, 0.3) is 66.1 Å². The zero-order valence-electron chi connectivity index (χ0n) is 28.6. The highest BCUT2D eigenvalue weighted by molar-refractivity contribution is 6.18. The van der Waals surface area contributed by atoms with Gasteiger partial charge in [0.2, 0.25) is 0 Å². The molecular formula is C49H35NO. The van der Waals surface area contributed by atoms with E-state index in [1.807, 2.05) is 0 Å². The average molecular weight is 654 g/mol. The predicted octanol–water partition coefficient (Wildman–Crippen LogP) is 13.8. The first-order valence-electron chi connectivity index (χ1n) is 17.7. The van der Waals surface area contributed by atoms with Crippen LogP contribution in [0.1, 0.15) is 25.0 Å². The minimum atomic E-state index is -0.135. The first-order chi connectivity index (χ1) is 25.0. The van der Waals surface area contributed by atoms with Crippen LogP contribution in [-0.2, 0) is 5.41 Å². The van der Waals surface area contributed by atoms with Crippen molar-refractivity contribution in [1.82, 2.24) is 0 Å². The van der Waals surface area contributed by atoms with E-state index in [4.69, 9.17) is 4.42 Å². The number of fused-ring (bicyclic) bond motifs is 8. The lowest BCUT2D eigenvalue weighted by molar-refractivity contribution is 0.660. The molecule has 2 heteroatoms. The van der Waals surface area contributed by atoms with Gasteiger partial charge < -0.3 is 9.32 Å². The molecule has 0 spiro atoms. The maximum atomic E-state index is 7.05. The molecule has 1 aliphatic rings. The number of rotatable bonds is 5. The Kier molecular flexibility index (Phi) is 6.56. The normalized spacial score (nSPS) is 13.1. The van der Waals surface area contributed by atoms with Crippen LogP contribution < -0.4 is 4.90 Å². The van der Waals surface area contributed by atoms with Crippen molar-refractivity contribution < 1.29 is 4.42 Å². The molecule has 8 aromatic carbocycles. The van der Waals surface area contributed by atoms with E-state index in [1.165, 1.54) is 44.3 Å². The Labute approximate surface area is 297 Å². The van der Waals surface area contributed by atoms with Crippen molar-refractivity contribution in [3.8, 4) is 33.4 Å². The molecule has 0 amide bonds. The maximum Gasteiger partial charge on any atom is 0.159 e. The average Bonchev–Trinajstić information content (AvgIpc) is 3.68. The Morgan fingerprint density at radius 3 is 1.82 bits per heavy atom. The Morgan fingerprint density at radius 1 is 0.412 bits per heavy atom. The van der Waals surface area contributed by atoms with Crippen molar-refractivity contribution in [2.75, 3.05) is 4.90 Å². The third kappa shape index (κ3) is 4.64. The van der Waals surface area contributed by atoms with Crippen LogP contribution in [0.15, 0.2) is 180 Å². The molecular weight excluding hydrogens is 619 g/mol. The van der Waals surface area contributed by atoms with Crippen molar-refractivity contribution in [3.05, 3.63) is 187 Å². The van der Waals surface area contributed by atoms with Gasteiger partial charge in [0, 0.05) is 32.9 Å². The molecule has 0 N–H and O–H groups in total. The molecule has 0 bridgehead atoms. The maximum absolute atomic E-state index is 7.05. The summed E-state index contributed by atoms with van der Waals surface area (Å²) in [6, 6.07) is 63.6. The molecule has 1 heterocycles. The van der Waals surface area contributed by atoms with Crippen LogP contribution in [0.2, 0.25) is 0 Å². The molecule has 51 heavy (non-hydrogen) atoms. The monoisotopic (exact) mass is 653 g/mol. The Balaban J connectivity index is 1.26. The summed E-state index contributed by atoms with van der Waals surface area (Å²) in [6.45, 7) is 4.69. The number of hydrogen-bond acceptors (Lipinski definition) is 2. The third-order valence-electron chi connectivity index (χ3n) is 10.8. The second kappa shape index (κ2) is 11.3. The molecule has 0 fully saturated rings. The van der Waals surface area contributed by atoms with Crippen LogP contribution in [0, 0.1) is 0 Å². The van der Waals surface area contributed by atoms with Crippen LogP contribution >= 0.6 is 0 Å². The minimum absolute atomic E-state index is 0.135. The largest absolute Gasteiger partial charge is 0.453 e. The second-order valence-electron chi connectivity index (χ2n) is 14.2. The fourth-order valence-corrected chi connectivity index (χ4v) is 8.24. The molecule has 0 unspecified atom stereocenters. The van der Waals surface area contributed by atoms with Gasteiger partial charge in [0.1, 0.15) is 5.58 Å². The molecule has 10 rings (SSSR count). The van der Waals surface area contributed by atoms with Crippen molar-refractivity contribution in [1.29, 1.82) is 0 Å². The van der Waals surface area contributed by atoms with Crippen LogP contribution in [-0.4, -0.2) is 0 Å². The SMILES string of the molecule is CC1(C)c2ccccc2-c2ccc(N(c3ccc(-c4ccccc4)cc3)c3cc(-c4ccccc4)cc4c3oc3c5ccccc5ccc43)cc21. The van der Waals surface area contributed by atoms with E-state index in [9.17, 15) is 0 Å². The van der Waals surface area contributed by atoms with E-state index in [2.05, 4.69) is 195 Å². The minimum Gasteiger partial charge on any atom is -0.453 e. The predicted molar refractivity (Wildman–Crippen MR) is 214 cm³/mol. The molecule has 1 aliphatic carbocycles. The Morgan fingerprint density at radius 2 is 1.04 bits per heavy atom. The molecule has 9 aromatic rings. The van der Waals surface area contributed by atoms with Gasteiger partial charge in [-0.2, -0.15) is 0 Å². The molecule has 1 aromatic heterocycles. The summed E-state index contributed by atoms with van der Waals surface area (Å²) in [5.74, 6) is 0. The number of hydrogen-bond donors (Lipinski definition) is 0. The summed E-state index contributed by atoms with van der Waals surface area (Å²) < 4.78 is 7.05. The van der Waals surface area contributed by atoms with E-state index in [-0.39, 0.29) is 5.41 Å². The van der Waals surface area contributed by atoms with Crippen molar-refractivity contribution in [3.63, 3.8) is 0 Å². The van der Waals surface area contributed by atoms with Crippen molar-refractivity contribution >= 4 is 49.8 Å². The lowest BCUT2D eigenvalue weighted by Gasteiger charge is -2.28. The summed E-state index contributed by atoms with van der Waals surface area (Å²) in [4.78, 5) is 2.40. The molecule has 242 valence electrons. The molecule has 0 atom stereocenters. The van der Waals surface area contributed by atoms with E-state index in [1.54, 1.807) is 0 Å². The topological polar surface area (TPSA) is 16.4 Å². The van der Waals surface area contributed by atoms with Gasteiger partial charge in [-0.25, -0.2) is 0 Å². The van der Waals surface area contributed by atoms with Crippen LogP contribution in [0.5, 0.6) is 0 Å². The lowest BCUT2D eigenvalue weighted by atomic mass is 9.82. The third-order valence-corrected chi connectivity index (χ3v) is 10.8. The van der Waals surface area contributed by atoms with Gasteiger partial charge >= 0.3 is 0 Å². The quantitative estimate of drug-likeness (QED) is 0.184. The first-order valence-corrected chi connectivity index (χ1v) is 17.7. The molecule has 0 aliphatic heterocycles. The van der Waals surface area contributed by atoms with Gasteiger partial charge in [-0.15, -0.1) is 0 Å². The Hall–Kier alpha value is -6.38. The summed E-state index contributed by atoms with van der Waals surface area (Å²) in [7, 11) is 0. The molecule has 0 saturated carbocycles. The van der Waals surface area contributed by atoms with Gasteiger partial charge in [0.15, 0.2) is 5.58 Å². The number of nitrogens with zero attached hydrogens (tertiary/aromatic N) is 1. The van der Waals surface area contributed by atoms with Crippen molar-refractivity contribution in [2.24, 2.45) is 0 Å². The number of anilines is 3. The summed E-state index contributed by atoms with van der Waals surface area (Å²) >= 11 is 0. The summed E-state index contributed by atoms with van der Waals surface area (Å²) in [5, 5.41) is 4.51. The summed E-state index contributed by atoms with van der Waals surface area (Å²) in [5.41, 5.74) is 14.8. The highest BCUT2D eigenvalue weighted by Gasteiger charge is 2.36.